The number of carbonyl (C=O) groups is 1. The average Bonchev–Trinajstić information content (AvgIpc) is 2.88. The number of hydrogen-bond acceptors (Lipinski definition) is 2. The van der Waals surface area contributed by atoms with Crippen molar-refractivity contribution in [2.45, 2.75) is 33.4 Å². The summed E-state index contributed by atoms with van der Waals surface area (Å²) in [4.78, 5) is 12.0. The van der Waals surface area contributed by atoms with Gasteiger partial charge in [0.2, 0.25) is 5.91 Å². The van der Waals surface area contributed by atoms with Crippen LogP contribution < -0.4 is 5.32 Å². The van der Waals surface area contributed by atoms with Gasteiger partial charge in [-0.05, 0) is 44.5 Å². The van der Waals surface area contributed by atoms with E-state index in [0.29, 0.717) is 0 Å². The Morgan fingerprint density at radius 1 is 1.41 bits per heavy atom. The van der Waals surface area contributed by atoms with E-state index in [1.807, 2.05) is 31.6 Å². The first-order valence-electron chi connectivity index (χ1n) is 7.27. The van der Waals surface area contributed by atoms with Crippen molar-refractivity contribution >= 4 is 12.0 Å². The van der Waals surface area contributed by atoms with Crippen LogP contribution in [0.5, 0.6) is 0 Å². The maximum absolute atomic E-state index is 12.8. The van der Waals surface area contributed by atoms with Crippen molar-refractivity contribution in [1.29, 1.82) is 0 Å². The number of nitrogens with zero attached hydrogens (tertiary/aromatic N) is 2. The molecule has 1 aromatic heterocycles. The molecule has 0 fully saturated rings. The lowest BCUT2D eigenvalue weighted by Gasteiger charge is -2.11. The zero-order chi connectivity index (χ0) is 16.1. The largest absolute Gasteiger partial charge is 0.346 e. The van der Waals surface area contributed by atoms with Gasteiger partial charge in [-0.25, -0.2) is 4.39 Å². The minimum Gasteiger partial charge on any atom is -0.346 e. The van der Waals surface area contributed by atoms with Gasteiger partial charge in [0.15, 0.2) is 0 Å². The number of benzene rings is 1. The maximum Gasteiger partial charge on any atom is 0.244 e. The number of carbonyl (C=O) groups excluding carboxylic acids is 1. The molecule has 2 aromatic rings. The third-order valence-electron chi connectivity index (χ3n) is 3.43. The van der Waals surface area contributed by atoms with Crippen molar-refractivity contribution in [3.05, 3.63) is 59.2 Å². The molecule has 0 aliphatic carbocycles. The van der Waals surface area contributed by atoms with Crippen molar-refractivity contribution in [2.24, 2.45) is 0 Å². The Morgan fingerprint density at radius 2 is 2.09 bits per heavy atom. The van der Waals surface area contributed by atoms with E-state index in [-0.39, 0.29) is 17.8 Å². The first-order valence-corrected chi connectivity index (χ1v) is 7.27. The third-order valence-corrected chi connectivity index (χ3v) is 3.43. The van der Waals surface area contributed by atoms with E-state index >= 15 is 0 Å². The van der Waals surface area contributed by atoms with Gasteiger partial charge in [-0.2, -0.15) is 5.10 Å². The van der Waals surface area contributed by atoms with Crippen LogP contribution in [0.1, 0.15) is 36.7 Å². The van der Waals surface area contributed by atoms with Gasteiger partial charge in [0, 0.05) is 24.4 Å². The third kappa shape index (κ3) is 4.04. The second kappa shape index (κ2) is 7.02. The number of aryl methyl sites for hydroxylation is 2. The molecule has 0 saturated heterocycles. The van der Waals surface area contributed by atoms with Crippen LogP contribution in [-0.4, -0.2) is 15.7 Å². The lowest BCUT2D eigenvalue weighted by Crippen LogP contribution is -2.24. The monoisotopic (exact) mass is 301 g/mol. The number of halogens is 1. The predicted molar refractivity (Wildman–Crippen MR) is 84.6 cm³/mol. The normalized spacial score (nSPS) is 12.5. The van der Waals surface area contributed by atoms with Gasteiger partial charge in [0.1, 0.15) is 5.82 Å². The van der Waals surface area contributed by atoms with Crippen molar-refractivity contribution in [2.75, 3.05) is 0 Å². The molecule has 22 heavy (non-hydrogen) atoms. The zero-order valence-corrected chi connectivity index (χ0v) is 13.0. The Balaban J connectivity index is 1.98. The molecular formula is C17H20FN3O. The fraction of sp³-hybridized carbons (Fsp3) is 0.294. The minimum atomic E-state index is -0.293. The number of hydrogen-bond donors (Lipinski definition) is 1. The molecule has 116 valence electrons. The molecule has 5 heteroatoms. The number of aromatic nitrogens is 2. The molecule has 1 aromatic carbocycles. The summed E-state index contributed by atoms with van der Waals surface area (Å²) in [6, 6.07) is 5.85. The molecule has 2 rings (SSSR count). The van der Waals surface area contributed by atoms with Crippen LogP contribution in [0.25, 0.3) is 6.08 Å². The van der Waals surface area contributed by atoms with E-state index in [9.17, 15) is 9.18 Å². The van der Waals surface area contributed by atoms with E-state index in [4.69, 9.17) is 0 Å². The molecule has 1 atom stereocenters. The van der Waals surface area contributed by atoms with Crippen LogP contribution in [0, 0.1) is 12.7 Å². The van der Waals surface area contributed by atoms with Crippen molar-refractivity contribution in [1.82, 2.24) is 15.1 Å². The van der Waals surface area contributed by atoms with Gasteiger partial charge in [0.25, 0.3) is 0 Å². The molecule has 4 nitrogen and oxygen atoms in total. The van der Waals surface area contributed by atoms with Gasteiger partial charge in [-0.3, -0.25) is 9.48 Å². The first kappa shape index (κ1) is 15.9. The Labute approximate surface area is 129 Å². The highest BCUT2D eigenvalue weighted by Crippen LogP contribution is 2.16. The van der Waals surface area contributed by atoms with E-state index in [1.54, 1.807) is 18.2 Å². The highest BCUT2D eigenvalue weighted by molar-refractivity contribution is 5.91. The number of amides is 1. The standard InChI is InChI=1S/C17H20FN3O/c1-4-21-11-16(13(3)20-21)12(2)19-17(22)10-7-14-5-8-15(18)9-6-14/h5-12H,4H2,1-3H3,(H,19,22)/b10-7+. The van der Waals surface area contributed by atoms with Gasteiger partial charge >= 0.3 is 0 Å². The highest BCUT2D eigenvalue weighted by Gasteiger charge is 2.13. The van der Waals surface area contributed by atoms with Gasteiger partial charge < -0.3 is 5.32 Å². The van der Waals surface area contributed by atoms with Crippen LogP contribution in [0.3, 0.4) is 0 Å². The summed E-state index contributed by atoms with van der Waals surface area (Å²) >= 11 is 0. The van der Waals surface area contributed by atoms with Crippen LogP contribution in [-0.2, 0) is 11.3 Å². The number of nitrogens with one attached hydrogen (secondary N) is 1. The summed E-state index contributed by atoms with van der Waals surface area (Å²) in [5, 5.41) is 7.27. The molecule has 1 heterocycles. The second-order valence-electron chi connectivity index (χ2n) is 5.14. The highest BCUT2D eigenvalue weighted by atomic mass is 19.1. The van der Waals surface area contributed by atoms with Crippen molar-refractivity contribution in [3.8, 4) is 0 Å². The summed E-state index contributed by atoms with van der Waals surface area (Å²) in [6.07, 6.45) is 5.05. The van der Waals surface area contributed by atoms with Crippen LogP contribution in [0.15, 0.2) is 36.5 Å². The summed E-state index contributed by atoms with van der Waals surface area (Å²) in [6.45, 7) is 6.67. The smallest absolute Gasteiger partial charge is 0.244 e. The first-order chi connectivity index (χ1) is 10.5. The van der Waals surface area contributed by atoms with E-state index in [0.717, 1.165) is 23.4 Å². The van der Waals surface area contributed by atoms with Crippen molar-refractivity contribution in [3.63, 3.8) is 0 Å². The van der Waals surface area contributed by atoms with E-state index in [1.165, 1.54) is 18.2 Å². The minimum absolute atomic E-state index is 0.120. The molecule has 0 aliphatic heterocycles. The summed E-state index contributed by atoms with van der Waals surface area (Å²) in [5.41, 5.74) is 2.70. The molecule has 1 N–H and O–H groups in total. The fourth-order valence-corrected chi connectivity index (χ4v) is 2.21. The van der Waals surface area contributed by atoms with Crippen molar-refractivity contribution < 1.29 is 9.18 Å². The van der Waals surface area contributed by atoms with E-state index < -0.39 is 0 Å². The molecule has 1 unspecified atom stereocenters. The number of rotatable bonds is 5. The maximum atomic E-state index is 12.8. The summed E-state index contributed by atoms with van der Waals surface area (Å²) < 4.78 is 14.7. The molecule has 0 aliphatic rings. The molecule has 0 bridgehead atoms. The summed E-state index contributed by atoms with van der Waals surface area (Å²) in [5.74, 6) is -0.487. The van der Waals surface area contributed by atoms with Gasteiger partial charge in [0.05, 0.1) is 11.7 Å². The molecule has 0 saturated carbocycles. The Kier molecular flexibility index (Phi) is 5.09. The van der Waals surface area contributed by atoms with Gasteiger partial charge in [-0.1, -0.05) is 12.1 Å². The van der Waals surface area contributed by atoms with Crippen LogP contribution >= 0.6 is 0 Å². The molecule has 1 amide bonds. The molecule has 0 spiro atoms. The Hall–Kier alpha value is -2.43. The molecular weight excluding hydrogens is 281 g/mol. The second-order valence-corrected chi connectivity index (χ2v) is 5.14. The lowest BCUT2D eigenvalue weighted by atomic mass is 10.1. The van der Waals surface area contributed by atoms with Crippen LogP contribution in [0.2, 0.25) is 0 Å². The lowest BCUT2D eigenvalue weighted by molar-refractivity contribution is -0.117. The quantitative estimate of drug-likeness (QED) is 0.862. The zero-order valence-electron chi connectivity index (χ0n) is 13.0. The fourth-order valence-electron chi connectivity index (χ4n) is 2.21. The predicted octanol–water partition coefficient (Wildman–Crippen LogP) is 3.24. The Bertz CT molecular complexity index is 674. The molecule has 0 radical (unpaired) electrons. The summed E-state index contributed by atoms with van der Waals surface area (Å²) in [7, 11) is 0. The van der Waals surface area contributed by atoms with Crippen LogP contribution in [0.4, 0.5) is 4.39 Å². The van der Waals surface area contributed by atoms with Gasteiger partial charge in [-0.15, -0.1) is 0 Å². The average molecular weight is 301 g/mol. The topological polar surface area (TPSA) is 46.9 Å². The van der Waals surface area contributed by atoms with E-state index in [2.05, 4.69) is 10.4 Å². The SMILES string of the molecule is CCn1cc(C(C)NC(=O)/C=C/c2ccc(F)cc2)c(C)n1. The Morgan fingerprint density at radius 3 is 2.68 bits per heavy atom.